The van der Waals surface area contributed by atoms with Crippen LogP contribution in [0.25, 0.3) is 6.08 Å². The molecule has 0 saturated carbocycles. The van der Waals surface area contributed by atoms with E-state index in [2.05, 4.69) is 11.9 Å². The summed E-state index contributed by atoms with van der Waals surface area (Å²) in [6, 6.07) is 8.95. The number of carbonyl (C=O) groups is 2. The van der Waals surface area contributed by atoms with Crippen LogP contribution in [0, 0.1) is 13.8 Å². The van der Waals surface area contributed by atoms with E-state index in [9.17, 15) is 14.7 Å². The minimum absolute atomic E-state index is 0.0152. The summed E-state index contributed by atoms with van der Waals surface area (Å²) in [6.07, 6.45) is 3.53. The van der Waals surface area contributed by atoms with Crippen molar-refractivity contribution in [1.82, 2.24) is 5.32 Å². The molecular weight excluding hydrogens is 412 g/mol. The second-order valence-corrected chi connectivity index (χ2v) is 7.64. The maximum Gasteiger partial charge on any atom is 0.270 e. The molecule has 0 atom stereocenters. The summed E-state index contributed by atoms with van der Waals surface area (Å²) >= 11 is 5.28. The summed E-state index contributed by atoms with van der Waals surface area (Å²) < 4.78 is 5.51. The van der Waals surface area contributed by atoms with Crippen LogP contribution in [0.4, 0.5) is 5.69 Å². The van der Waals surface area contributed by atoms with Gasteiger partial charge in [0.15, 0.2) is 16.6 Å². The van der Waals surface area contributed by atoms with Gasteiger partial charge in [-0.1, -0.05) is 12.1 Å². The summed E-state index contributed by atoms with van der Waals surface area (Å²) in [4.78, 5) is 27.2. The van der Waals surface area contributed by atoms with Gasteiger partial charge in [-0.15, -0.1) is 6.58 Å². The first-order valence-corrected chi connectivity index (χ1v) is 10.2. The number of carbonyl (C=O) groups excluding carboxylic acids is 2. The van der Waals surface area contributed by atoms with Gasteiger partial charge < -0.3 is 9.84 Å². The van der Waals surface area contributed by atoms with Gasteiger partial charge in [0.05, 0.1) is 12.3 Å². The van der Waals surface area contributed by atoms with Crippen LogP contribution in [0.15, 0.2) is 48.6 Å². The van der Waals surface area contributed by atoms with Crippen LogP contribution in [-0.4, -0.2) is 28.6 Å². The predicted octanol–water partition coefficient (Wildman–Crippen LogP) is 3.97. The standard InChI is InChI=1S/C24H24N2O4S/c1-5-7-17-11-16(13-20(21(17)27)30-6-2)12-19-22(28)25-24(31)26(23(19)29)18-9-14(3)8-15(4)10-18/h5,8-13,27H,1,6-7H2,2-4H3,(H,25,28,31)/b19-12+. The lowest BCUT2D eigenvalue weighted by Crippen LogP contribution is -2.54. The number of phenols is 1. The summed E-state index contributed by atoms with van der Waals surface area (Å²) in [5.41, 5.74) is 3.60. The Hall–Kier alpha value is -3.45. The maximum atomic E-state index is 13.3. The Morgan fingerprint density at radius 2 is 1.84 bits per heavy atom. The molecule has 3 rings (SSSR count). The molecule has 0 aromatic heterocycles. The van der Waals surface area contributed by atoms with E-state index in [0.29, 0.717) is 29.8 Å². The van der Waals surface area contributed by atoms with Gasteiger partial charge in [-0.3, -0.25) is 19.8 Å². The first-order chi connectivity index (χ1) is 14.7. The third kappa shape index (κ3) is 4.67. The molecule has 0 unspecified atom stereocenters. The first kappa shape index (κ1) is 22.2. The van der Waals surface area contributed by atoms with Crippen LogP contribution >= 0.6 is 12.2 Å². The average molecular weight is 437 g/mol. The molecule has 2 aromatic carbocycles. The van der Waals surface area contributed by atoms with Crippen molar-refractivity contribution < 1.29 is 19.4 Å². The van der Waals surface area contributed by atoms with Crippen LogP contribution in [0.2, 0.25) is 0 Å². The number of allylic oxidation sites excluding steroid dienone is 1. The minimum Gasteiger partial charge on any atom is -0.504 e. The number of hydrogen-bond acceptors (Lipinski definition) is 5. The number of aryl methyl sites for hydroxylation is 2. The normalized spacial score (nSPS) is 15.3. The zero-order chi connectivity index (χ0) is 22.7. The lowest BCUT2D eigenvalue weighted by molar-refractivity contribution is -0.122. The van der Waals surface area contributed by atoms with Crippen molar-refractivity contribution >= 4 is 40.9 Å². The monoisotopic (exact) mass is 436 g/mol. The number of nitrogens with zero attached hydrogens (tertiary/aromatic N) is 1. The third-order valence-corrected chi connectivity index (χ3v) is 5.00. The fourth-order valence-corrected chi connectivity index (χ4v) is 3.77. The first-order valence-electron chi connectivity index (χ1n) is 9.84. The Kier molecular flexibility index (Phi) is 6.56. The van der Waals surface area contributed by atoms with Gasteiger partial charge in [0.1, 0.15) is 5.57 Å². The largest absolute Gasteiger partial charge is 0.504 e. The van der Waals surface area contributed by atoms with Crippen molar-refractivity contribution in [3.05, 3.63) is 70.8 Å². The number of benzene rings is 2. The van der Waals surface area contributed by atoms with E-state index in [4.69, 9.17) is 17.0 Å². The van der Waals surface area contributed by atoms with E-state index < -0.39 is 11.8 Å². The van der Waals surface area contributed by atoms with E-state index in [1.54, 1.807) is 25.1 Å². The molecule has 2 N–H and O–H groups in total. The highest BCUT2D eigenvalue weighted by Gasteiger charge is 2.34. The number of phenolic OH excluding ortho intramolecular Hbond substituents is 1. The second kappa shape index (κ2) is 9.14. The number of anilines is 1. The quantitative estimate of drug-likeness (QED) is 0.310. The third-order valence-electron chi connectivity index (χ3n) is 4.72. The predicted molar refractivity (Wildman–Crippen MR) is 125 cm³/mol. The van der Waals surface area contributed by atoms with Crippen molar-refractivity contribution in [3.63, 3.8) is 0 Å². The Balaban J connectivity index is 2.08. The molecule has 1 saturated heterocycles. The zero-order valence-corrected chi connectivity index (χ0v) is 18.5. The van der Waals surface area contributed by atoms with E-state index in [-0.39, 0.29) is 22.2 Å². The number of hydrogen-bond donors (Lipinski definition) is 2. The molecule has 2 amide bonds. The summed E-state index contributed by atoms with van der Waals surface area (Å²) in [5, 5.41) is 13.0. The molecule has 6 nitrogen and oxygen atoms in total. The van der Waals surface area contributed by atoms with Crippen molar-refractivity contribution in [2.75, 3.05) is 11.5 Å². The fourth-order valence-electron chi connectivity index (χ4n) is 3.49. The molecule has 1 aliphatic rings. The Bertz CT molecular complexity index is 1100. The summed E-state index contributed by atoms with van der Waals surface area (Å²) in [6.45, 7) is 9.72. The highest BCUT2D eigenvalue weighted by Crippen LogP contribution is 2.34. The zero-order valence-electron chi connectivity index (χ0n) is 17.7. The molecule has 0 radical (unpaired) electrons. The summed E-state index contributed by atoms with van der Waals surface area (Å²) in [7, 11) is 0. The van der Waals surface area contributed by atoms with Crippen LogP contribution in [-0.2, 0) is 16.0 Å². The van der Waals surface area contributed by atoms with Crippen molar-refractivity contribution in [2.45, 2.75) is 27.2 Å². The van der Waals surface area contributed by atoms with Crippen LogP contribution < -0.4 is 15.0 Å². The molecule has 1 fully saturated rings. The number of nitrogens with one attached hydrogen (secondary N) is 1. The highest BCUT2D eigenvalue weighted by molar-refractivity contribution is 7.80. The number of amides is 2. The van der Waals surface area contributed by atoms with Crippen molar-refractivity contribution in [3.8, 4) is 11.5 Å². The maximum absolute atomic E-state index is 13.3. The lowest BCUT2D eigenvalue weighted by atomic mass is 10.0. The number of aromatic hydroxyl groups is 1. The van der Waals surface area contributed by atoms with Crippen molar-refractivity contribution in [1.29, 1.82) is 0 Å². The van der Waals surface area contributed by atoms with Crippen LogP contribution in [0.5, 0.6) is 11.5 Å². The highest BCUT2D eigenvalue weighted by atomic mass is 32.1. The Labute approximate surface area is 186 Å². The molecular formula is C24H24N2O4S. The molecule has 0 spiro atoms. The molecule has 1 aliphatic heterocycles. The number of ether oxygens (including phenoxy) is 1. The van der Waals surface area contributed by atoms with Gasteiger partial charge in [-0.05, 0) is 86.4 Å². The van der Waals surface area contributed by atoms with Gasteiger partial charge in [-0.2, -0.15) is 0 Å². The van der Waals surface area contributed by atoms with Crippen LogP contribution in [0.3, 0.4) is 0 Å². The lowest BCUT2D eigenvalue weighted by Gasteiger charge is -2.29. The molecule has 31 heavy (non-hydrogen) atoms. The molecule has 160 valence electrons. The number of thiocarbonyl (C=S) groups is 1. The van der Waals surface area contributed by atoms with Gasteiger partial charge in [0.2, 0.25) is 0 Å². The van der Waals surface area contributed by atoms with E-state index >= 15 is 0 Å². The molecule has 0 bridgehead atoms. The molecule has 2 aromatic rings. The molecule has 0 aliphatic carbocycles. The SMILES string of the molecule is C=CCc1cc(/C=C2\C(=O)NC(=S)N(c3cc(C)cc(C)c3)C2=O)cc(OCC)c1O. The van der Waals surface area contributed by atoms with Crippen molar-refractivity contribution in [2.24, 2.45) is 0 Å². The molecule has 1 heterocycles. The van der Waals surface area contributed by atoms with Gasteiger partial charge in [0, 0.05) is 5.56 Å². The fraction of sp³-hybridized carbons (Fsp3) is 0.208. The number of rotatable bonds is 6. The Morgan fingerprint density at radius 3 is 2.45 bits per heavy atom. The Morgan fingerprint density at radius 1 is 1.16 bits per heavy atom. The summed E-state index contributed by atoms with van der Waals surface area (Å²) in [5.74, 6) is -0.803. The van der Waals surface area contributed by atoms with Crippen LogP contribution in [0.1, 0.15) is 29.2 Å². The topological polar surface area (TPSA) is 78.9 Å². The molecule has 7 heteroatoms. The van der Waals surface area contributed by atoms with Gasteiger partial charge >= 0.3 is 0 Å². The smallest absolute Gasteiger partial charge is 0.270 e. The van der Waals surface area contributed by atoms with E-state index in [1.165, 1.54) is 11.0 Å². The van der Waals surface area contributed by atoms with Gasteiger partial charge in [-0.25, -0.2) is 0 Å². The minimum atomic E-state index is -0.577. The van der Waals surface area contributed by atoms with E-state index in [0.717, 1.165) is 11.1 Å². The van der Waals surface area contributed by atoms with Gasteiger partial charge in [0.25, 0.3) is 11.8 Å². The van der Waals surface area contributed by atoms with E-state index in [1.807, 2.05) is 32.0 Å². The second-order valence-electron chi connectivity index (χ2n) is 7.26. The average Bonchev–Trinajstić information content (AvgIpc) is 2.68.